The molecule has 4 rings (SSSR count). The van der Waals surface area contributed by atoms with Gasteiger partial charge in [0, 0.05) is 61.8 Å². The van der Waals surface area contributed by atoms with Gasteiger partial charge in [0.15, 0.2) is 0 Å². The topological polar surface area (TPSA) is 61.5 Å². The number of ether oxygens (including phenoxy) is 1. The number of hydrogen-bond donors (Lipinski definition) is 1. The van der Waals surface area contributed by atoms with Crippen LogP contribution in [0.4, 0.5) is 11.5 Å². The molecule has 0 saturated carbocycles. The summed E-state index contributed by atoms with van der Waals surface area (Å²) in [6, 6.07) is 10.3. The van der Waals surface area contributed by atoms with Gasteiger partial charge in [-0.2, -0.15) is 0 Å². The van der Waals surface area contributed by atoms with Gasteiger partial charge >= 0.3 is 0 Å². The number of rotatable bonds is 4. The first-order valence-electron chi connectivity index (χ1n) is 10.0. The van der Waals surface area contributed by atoms with E-state index in [4.69, 9.17) is 4.74 Å². The number of aromatic nitrogens is 2. The molecule has 0 aliphatic carbocycles. The summed E-state index contributed by atoms with van der Waals surface area (Å²) in [5.74, 6) is 0.937. The normalized spacial score (nSPS) is 21.1. The fraction of sp³-hybridized carbons (Fsp3) is 0.524. The van der Waals surface area contributed by atoms with Crippen LogP contribution in [0.25, 0.3) is 0 Å². The molecule has 6 nitrogen and oxygen atoms in total. The molecule has 2 fully saturated rings. The van der Waals surface area contributed by atoms with Gasteiger partial charge in [-0.3, -0.25) is 9.78 Å². The van der Waals surface area contributed by atoms with E-state index in [2.05, 4.69) is 31.9 Å². The quantitative estimate of drug-likeness (QED) is 0.899. The van der Waals surface area contributed by atoms with Gasteiger partial charge in [0.2, 0.25) is 0 Å². The monoisotopic (exact) mass is 368 g/mol. The van der Waals surface area contributed by atoms with Crippen LogP contribution in [0.3, 0.4) is 0 Å². The molecule has 6 heteroatoms. The molecule has 27 heavy (non-hydrogen) atoms. The number of H-pyrrole nitrogens is 1. The van der Waals surface area contributed by atoms with Gasteiger partial charge in [-0.05, 0) is 25.0 Å². The number of morpholine rings is 1. The highest BCUT2D eigenvalue weighted by atomic mass is 16.5. The van der Waals surface area contributed by atoms with Crippen LogP contribution in [0, 0.1) is 0 Å². The standard InChI is InChI=1S/C21H28N4O2/c26-21-16-19(24-10-12-27-13-11-24)15-20(23-21)25-9-5-1-2-7-18(25)14-17-6-3-4-8-22-17/h3-4,6,8,15-16,18H,1-2,5,7,9-14H2,(H,23,26)/t18-/m0/s1. The zero-order valence-electron chi connectivity index (χ0n) is 15.8. The third-order valence-electron chi connectivity index (χ3n) is 5.55. The number of nitrogens with one attached hydrogen (secondary N) is 1. The van der Waals surface area contributed by atoms with Crippen LogP contribution in [0.5, 0.6) is 0 Å². The molecule has 2 saturated heterocycles. The lowest BCUT2D eigenvalue weighted by Gasteiger charge is -2.33. The fourth-order valence-electron chi connectivity index (χ4n) is 4.14. The average Bonchev–Trinajstić information content (AvgIpc) is 2.94. The number of nitrogens with zero attached hydrogens (tertiary/aromatic N) is 3. The van der Waals surface area contributed by atoms with Crippen molar-refractivity contribution < 1.29 is 4.74 Å². The first kappa shape index (κ1) is 18.0. The summed E-state index contributed by atoms with van der Waals surface area (Å²) in [6.45, 7) is 4.07. The summed E-state index contributed by atoms with van der Waals surface area (Å²) in [4.78, 5) is 24.6. The SMILES string of the molecule is O=c1cc(N2CCOCC2)cc(N2CCCCC[C@H]2Cc2ccccn2)[nH]1. The molecular weight excluding hydrogens is 340 g/mol. The van der Waals surface area contributed by atoms with E-state index in [1.165, 1.54) is 12.8 Å². The maximum atomic E-state index is 12.4. The van der Waals surface area contributed by atoms with Gasteiger partial charge in [-0.15, -0.1) is 0 Å². The van der Waals surface area contributed by atoms with Crippen molar-refractivity contribution >= 4 is 11.5 Å². The first-order valence-corrected chi connectivity index (χ1v) is 10.0. The Morgan fingerprint density at radius 3 is 2.81 bits per heavy atom. The minimum Gasteiger partial charge on any atom is -0.378 e. The molecular formula is C21H28N4O2. The van der Waals surface area contributed by atoms with E-state index in [9.17, 15) is 4.79 Å². The van der Waals surface area contributed by atoms with Crippen LogP contribution >= 0.6 is 0 Å². The summed E-state index contributed by atoms with van der Waals surface area (Å²) in [6.07, 6.45) is 7.51. The second kappa shape index (κ2) is 8.57. The molecule has 0 aromatic carbocycles. The van der Waals surface area contributed by atoms with Crippen molar-refractivity contribution in [2.24, 2.45) is 0 Å². The van der Waals surface area contributed by atoms with Crippen LogP contribution in [0.1, 0.15) is 31.4 Å². The summed E-state index contributed by atoms with van der Waals surface area (Å²) < 4.78 is 5.45. The second-order valence-electron chi connectivity index (χ2n) is 7.41. The van der Waals surface area contributed by atoms with Gasteiger partial charge in [-0.1, -0.05) is 18.9 Å². The van der Waals surface area contributed by atoms with Crippen molar-refractivity contribution in [1.82, 2.24) is 9.97 Å². The summed E-state index contributed by atoms with van der Waals surface area (Å²) >= 11 is 0. The highest BCUT2D eigenvalue weighted by Crippen LogP contribution is 2.27. The Bertz CT molecular complexity index is 786. The minimum atomic E-state index is -0.0326. The maximum absolute atomic E-state index is 12.4. The van der Waals surface area contributed by atoms with Gasteiger partial charge in [-0.25, -0.2) is 0 Å². The molecule has 0 radical (unpaired) electrons. The van der Waals surface area contributed by atoms with Crippen LogP contribution in [0.15, 0.2) is 41.3 Å². The molecule has 1 N–H and O–H groups in total. The van der Waals surface area contributed by atoms with Gasteiger partial charge in [0.05, 0.1) is 13.2 Å². The van der Waals surface area contributed by atoms with Crippen molar-refractivity contribution in [3.8, 4) is 0 Å². The summed E-state index contributed by atoms with van der Waals surface area (Å²) in [5, 5.41) is 0. The Morgan fingerprint density at radius 2 is 2.00 bits per heavy atom. The van der Waals surface area contributed by atoms with E-state index >= 15 is 0 Å². The molecule has 0 bridgehead atoms. The summed E-state index contributed by atoms with van der Waals surface area (Å²) in [5.41, 5.74) is 2.08. The van der Waals surface area contributed by atoms with E-state index in [1.807, 2.05) is 18.3 Å². The Morgan fingerprint density at radius 1 is 1.11 bits per heavy atom. The van der Waals surface area contributed by atoms with Crippen molar-refractivity contribution in [1.29, 1.82) is 0 Å². The van der Waals surface area contributed by atoms with E-state index in [0.717, 1.165) is 56.1 Å². The zero-order valence-corrected chi connectivity index (χ0v) is 15.8. The van der Waals surface area contributed by atoms with Crippen LogP contribution in [0.2, 0.25) is 0 Å². The number of pyridine rings is 2. The lowest BCUT2D eigenvalue weighted by Crippen LogP contribution is -2.39. The largest absolute Gasteiger partial charge is 0.378 e. The smallest absolute Gasteiger partial charge is 0.251 e. The minimum absolute atomic E-state index is 0.0326. The number of aromatic amines is 1. The predicted octanol–water partition coefficient (Wildman–Crippen LogP) is 2.60. The Labute approximate surface area is 160 Å². The lowest BCUT2D eigenvalue weighted by atomic mass is 10.0. The Kier molecular flexibility index (Phi) is 5.72. The summed E-state index contributed by atoms with van der Waals surface area (Å²) in [7, 11) is 0. The molecule has 2 aliphatic rings. The highest BCUT2D eigenvalue weighted by molar-refractivity contribution is 5.56. The molecule has 0 amide bonds. The van der Waals surface area contributed by atoms with Crippen molar-refractivity contribution in [2.75, 3.05) is 42.6 Å². The number of hydrogen-bond acceptors (Lipinski definition) is 5. The maximum Gasteiger partial charge on any atom is 0.251 e. The van der Waals surface area contributed by atoms with Crippen LogP contribution in [-0.4, -0.2) is 48.9 Å². The molecule has 144 valence electrons. The molecule has 4 heterocycles. The van der Waals surface area contributed by atoms with Crippen molar-refractivity contribution in [3.05, 3.63) is 52.6 Å². The third-order valence-corrected chi connectivity index (χ3v) is 5.55. The lowest BCUT2D eigenvalue weighted by molar-refractivity contribution is 0.122. The molecule has 0 spiro atoms. The Balaban J connectivity index is 1.61. The predicted molar refractivity (Wildman–Crippen MR) is 108 cm³/mol. The fourth-order valence-corrected chi connectivity index (χ4v) is 4.14. The van der Waals surface area contributed by atoms with Crippen LogP contribution < -0.4 is 15.4 Å². The molecule has 2 aromatic heterocycles. The van der Waals surface area contributed by atoms with Crippen LogP contribution in [-0.2, 0) is 11.2 Å². The average molecular weight is 368 g/mol. The van der Waals surface area contributed by atoms with Crippen molar-refractivity contribution in [2.45, 2.75) is 38.1 Å². The molecule has 2 aliphatic heterocycles. The second-order valence-corrected chi connectivity index (χ2v) is 7.41. The molecule has 1 atom stereocenters. The Hall–Kier alpha value is -2.34. The molecule has 2 aromatic rings. The van der Waals surface area contributed by atoms with Gasteiger partial charge in [0.25, 0.3) is 5.56 Å². The molecule has 0 unspecified atom stereocenters. The van der Waals surface area contributed by atoms with Crippen molar-refractivity contribution in [3.63, 3.8) is 0 Å². The van der Waals surface area contributed by atoms with E-state index in [0.29, 0.717) is 19.3 Å². The van der Waals surface area contributed by atoms with E-state index < -0.39 is 0 Å². The third kappa shape index (κ3) is 4.50. The highest BCUT2D eigenvalue weighted by Gasteiger charge is 2.24. The zero-order chi connectivity index (χ0) is 18.5. The number of anilines is 2. The first-order chi connectivity index (χ1) is 13.3. The van der Waals surface area contributed by atoms with Gasteiger partial charge < -0.3 is 19.5 Å². The van der Waals surface area contributed by atoms with Gasteiger partial charge in [0.1, 0.15) is 5.82 Å². The van der Waals surface area contributed by atoms with E-state index in [1.54, 1.807) is 6.07 Å². The van der Waals surface area contributed by atoms with E-state index in [-0.39, 0.29) is 5.56 Å².